The first-order chi connectivity index (χ1) is 29.2. The Balaban J connectivity index is 4.66. The third-order valence-corrected chi connectivity index (χ3v) is 10.5. The number of aliphatic hydroxyl groups is 3. The fourth-order valence-electron chi connectivity index (χ4n) is 5.83. The molecule has 0 spiro atoms. The highest BCUT2D eigenvalue weighted by Gasteiger charge is 2.21. The molecule has 0 aliphatic carbocycles. The summed E-state index contributed by atoms with van der Waals surface area (Å²) in [7, 11) is 0.997. The summed E-state index contributed by atoms with van der Waals surface area (Å²) in [6.45, 7) is 3.70. The van der Waals surface area contributed by atoms with Crippen LogP contribution in [0.1, 0.15) is 149 Å². The Bertz CT molecular complexity index is 1320. The van der Waals surface area contributed by atoms with Gasteiger partial charge in [-0.2, -0.15) is 0 Å². The molecule has 0 rings (SSSR count). The standard InChI is InChI=1S/C48H84NO11P/c1-6-8-10-11-12-13-14-15-16-17-18-19-20-25-31-37-47(53)57-41-44(42-59-61(55,56)58-40-39-49(3,4)5)60-48(54)38-32-26-29-34-43(50)33-28-23-21-22-24-30-36-46(52)45(51)35-27-9-7-2/h9,21-24,26-30,33,36,43-46,50-52H,6-8,10-20,25,31-32,34-35,37-42H2,1-5H3/b23-21+,24-22-,27-9-,29-26+,33-28+,36-30+. The summed E-state index contributed by atoms with van der Waals surface area (Å²) in [5, 5.41) is 30.1. The average molecular weight is 882 g/mol. The van der Waals surface area contributed by atoms with Crippen molar-refractivity contribution in [2.24, 2.45) is 0 Å². The van der Waals surface area contributed by atoms with E-state index in [0.29, 0.717) is 36.7 Å². The van der Waals surface area contributed by atoms with Gasteiger partial charge in [-0.25, -0.2) is 0 Å². The molecule has 61 heavy (non-hydrogen) atoms. The van der Waals surface area contributed by atoms with E-state index >= 15 is 0 Å². The van der Waals surface area contributed by atoms with Crippen LogP contribution in [-0.2, 0) is 32.7 Å². The zero-order chi connectivity index (χ0) is 45.5. The lowest BCUT2D eigenvalue weighted by atomic mass is 10.0. The zero-order valence-corrected chi connectivity index (χ0v) is 39.3. The van der Waals surface area contributed by atoms with E-state index in [-0.39, 0.29) is 26.1 Å². The van der Waals surface area contributed by atoms with Gasteiger partial charge in [0.05, 0.1) is 46.1 Å². The smallest absolute Gasteiger partial charge is 0.306 e. The number of allylic oxidation sites excluding steroid dienone is 8. The van der Waals surface area contributed by atoms with Crippen LogP contribution >= 0.6 is 7.82 Å². The largest absolute Gasteiger partial charge is 0.756 e. The van der Waals surface area contributed by atoms with Crippen LogP contribution in [-0.4, -0.2) is 104 Å². The second kappa shape index (κ2) is 39.0. The third-order valence-electron chi connectivity index (χ3n) is 9.57. The lowest BCUT2D eigenvalue weighted by molar-refractivity contribution is -0.870. The first kappa shape index (κ1) is 58.3. The van der Waals surface area contributed by atoms with E-state index in [1.54, 1.807) is 54.7 Å². The minimum Gasteiger partial charge on any atom is -0.756 e. The molecule has 0 radical (unpaired) electrons. The summed E-state index contributed by atoms with van der Waals surface area (Å²) in [6.07, 6.45) is 37.5. The summed E-state index contributed by atoms with van der Waals surface area (Å²) in [6, 6.07) is 0. The van der Waals surface area contributed by atoms with Crippen LogP contribution in [0.3, 0.4) is 0 Å². The van der Waals surface area contributed by atoms with E-state index in [9.17, 15) is 34.4 Å². The SMILES string of the molecule is CC/C=C\CC(O)C(O)/C=C/C=C\C=C\C=C\C(O)C/C=C/CCC(=O)OC(COC(=O)CCCCCCCCCCCCCCCCC)COP(=O)([O-])OCC[N+](C)(C)C. The molecule has 5 unspecified atom stereocenters. The van der Waals surface area contributed by atoms with Crippen LogP contribution < -0.4 is 4.89 Å². The normalized spacial score (nSPS) is 15.8. The number of carbonyl (C=O) groups is 2. The number of rotatable bonds is 40. The van der Waals surface area contributed by atoms with Gasteiger partial charge < -0.3 is 43.2 Å². The number of hydrogen-bond acceptors (Lipinski definition) is 11. The van der Waals surface area contributed by atoms with Crippen LogP contribution in [0.2, 0.25) is 0 Å². The molecule has 352 valence electrons. The molecule has 0 fully saturated rings. The highest BCUT2D eigenvalue weighted by molar-refractivity contribution is 7.45. The van der Waals surface area contributed by atoms with Crippen molar-refractivity contribution >= 4 is 19.8 Å². The number of esters is 2. The van der Waals surface area contributed by atoms with Gasteiger partial charge in [-0.3, -0.25) is 14.2 Å². The quantitative estimate of drug-likeness (QED) is 0.0134. The summed E-state index contributed by atoms with van der Waals surface area (Å²) in [4.78, 5) is 37.6. The zero-order valence-electron chi connectivity index (χ0n) is 38.4. The van der Waals surface area contributed by atoms with Gasteiger partial charge in [-0.1, -0.05) is 177 Å². The second-order valence-corrected chi connectivity index (χ2v) is 18.0. The first-order valence-electron chi connectivity index (χ1n) is 23.0. The highest BCUT2D eigenvalue weighted by Crippen LogP contribution is 2.38. The van der Waals surface area contributed by atoms with Gasteiger partial charge in [0.1, 0.15) is 19.8 Å². The van der Waals surface area contributed by atoms with Crippen LogP contribution in [0, 0.1) is 0 Å². The second-order valence-electron chi connectivity index (χ2n) is 16.6. The monoisotopic (exact) mass is 882 g/mol. The predicted molar refractivity (Wildman–Crippen MR) is 244 cm³/mol. The van der Waals surface area contributed by atoms with Gasteiger partial charge in [0.15, 0.2) is 6.10 Å². The van der Waals surface area contributed by atoms with Crippen molar-refractivity contribution in [3.8, 4) is 0 Å². The number of ether oxygens (including phenoxy) is 2. The molecule has 0 saturated carbocycles. The molecule has 5 atom stereocenters. The maximum absolute atomic E-state index is 12.7. The Morgan fingerprint density at radius 3 is 1.75 bits per heavy atom. The Morgan fingerprint density at radius 1 is 0.639 bits per heavy atom. The molecule has 0 bridgehead atoms. The Hall–Kier alpha value is -2.67. The molecular weight excluding hydrogens is 797 g/mol. The van der Waals surface area contributed by atoms with Crippen molar-refractivity contribution in [2.45, 2.75) is 173 Å². The van der Waals surface area contributed by atoms with Crippen molar-refractivity contribution in [1.29, 1.82) is 0 Å². The van der Waals surface area contributed by atoms with Gasteiger partial charge in [0, 0.05) is 12.8 Å². The Labute approximate surface area is 369 Å². The molecule has 0 aliphatic heterocycles. The minimum atomic E-state index is -4.70. The fraction of sp³-hybridized carbons (Fsp3) is 0.708. The van der Waals surface area contributed by atoms with Crippen LogP contribution in [0.4, 0.5) is 0 Å². The number of quaternary nitrogens is 1. The molecule has 0 aromatic carbocycles. The van der Waals surface area contributed by atoms with Crippen molar-refractivity contribution < 1.29 is 57.4 Å². The molecule has 0 aromatic heterocycles. The van der Waals surface area contributed by atoms with Gasteiger partial charge in [-0.15, -0.1) is 0 Å². The molecule has 0 amide bonds. The number of phosphoric acid groups is 1. The van der Waals surface area contributed by atoms with Crippen molar-refractivity contribution in [3.05, 3.63) is 72.9 Å². The van der Waals surface area contributed by atoms with Crippen LogP contribution in [0.5, 0.6) is 0 Å². The minimum absolute atomic E-state index is 0.0174. The molecule has 0 heterocycles. The van der Waals surface area contributed by atoms with Gasteiger partial charge in [0.25, 0.3) is 7.82 Å². The van der Waals surface area contributed by atoms with Gasteiger partial charge in [-0.05, 0) is 32.1 Å². The molecule has 3 N–H and O–H groups in total. The third kappa shape index (κ3) is 41.1. The number of unbranched alkanes of at least 4 members (excludes halogenated alkanes) is 14. The number of carbonyl (C=O) groups excluding carboxylic acids is 2. The molecule has 13 heteroatoms. The van der Waals surface area contributed by atoms with E-state index in [2.05, 4.69) is 6.92 Å². The number of phosphoric ester groups is 1. The summed E-state index contributed by atoms with van der Waals surface area (Å²) < 4.78 is 33.7. The van der Waals surface area contributed by atoms with Crippen molar-refractivity contribution in [1.82, 2.24) is 0 Å². The lowest BCUT2D eigenvalue weighted by Gasteiger charge is -2.28. The molecule has 0 aromatic rings. The van der Waals surface area contributed by atoms with Gasteiger partial charge in [0.2, 0.25) is 0 Å². The average Bonchev–Trinajstić information content (AvgIpc) is 3.20. The van der Waals surface area contributed by atoms with Crippen molar-refractivity contribution in [3.63, 3.8) is 0 Å². The molecule has 0 aliphatic rings. The van der Waals surface area contributed by atoms with E-state index < -0.39 is 50.8 Å². The Morgan fingerprint density at radius 2 is 1.18 bits per heavy atom. The summed E-state index contributed by atoms with van der Waals surface area (Å²) in [5.74, 6) is -1.06. The van der Waals surface area contributed by atoms with Crippen LogP contribution in [0.15, 0.2) is 72.9 Å². The topological polar surface area (TPSA) is 172 Å². The maximum Gasteiger partial charge on any atom is 0.306 e. The fourth-order valence-corrected chi connectivity index (χ4v) is 6.56. The van der Waals surface area contributed by atoms with E-state index in [0.717, 1.165) is 25.7 Å². The summed E-state index contributed by atoms with van der Waals surface area (Å²) >= 11 is 0. The number of hydrogen-bond donors (Lipinski definition) is 3. The number of likely N-dealkylation sites (N-methyl/N-ethyl adjacent to an activating group) is 1. The lowest BCUT2D eigenvalue weighted by Crippen LogP contribution is -2.37. The maximum atomic E-state index is 12.7. The molecular formula is C48H84NO11P. The van der Waals surface area contributed by atoms with Gasteiger partial charge >= 0.3 is 11.9 Å². The molecule has 0 saturated heterocycles. The van der Waals surface area contributed by atoms with E-state index in [4.69, 9.17) is 18.5 Å². The van der Waals surface area contributed by atoms with E-state index in [1.807, 2.05) is 40.2 Å². The Kier molecular flexibility index (Phi) is 37.3. The first-order valence-corrected chi connectivity index (χ1v) is 24.4. The highest BCUT2D eigenvalue weighted by atomic mass is 31.2. The molecule has 12 nitrogen and oxygen atoms in total. The van der Waals surface area contributed by atoms with Crippen LogP contribution in [0.25, 0.3) is 0 Å². The number of nitrogens with zero attached hydrogens (tertiary/aromatic N) is 1. The predicted octanol–water partition coefficient (Wildman–Crippen LogP) is 9.30. The van der Waals surface area contributed by atoms with Crippen molar-refractivity contribution in [2.75, 3.05) is 47.5 Å². The summed E-state index contributed by atoms with van der Waals surface area (Å²) in [5.41, 5.74) is 0. The number of aliphatic hydroxyl groups excluding tert-OH is 3. The van der Waals surface area contributed by atoms with E-state index in [1.165, 1.54) is 76.7 Å².